The summed E-state index contributed by atoms with van der Waals surface area (Å²) >= 11 is 0. The van der Waals surface area contributed by atoms with Crippen LogP contribution in [0.2, 0.25) is 0 Å². The van der Waals surface area contributed by atoms with Gasteiger partial charge in [-0.2, -0.15) is 5.10 Å². The van der Waals surface area contributed by atoms with E-state index in [1.165, 1.54) is 5.56 Å². The van der Waals surface area contributed by atoms with Crippen LogP contribution in [0.25, 0.3) is 0 Å². The van der Waals surface area contributed by atoms with Crippen molar-refractivity contribution in [2.45, 2.75) is 26.2 Å². The monoisotopic (exact) mass is 272 g/mol. The van der Waals surface area contributed by atoms with E-state index in [0.717, 1.165) is 18.5 Å². The lowest BCUT2D eigenvalue weighted by molar-refractivity contribution is -0.116. The maximum atomic E-state index is 11.9. The summed E-state index contributed by atoms with van der Waals surface area (Å²) < 4.78 is 1.60. The molecule has 0 spiro atoms. The zero-order valence-electron chi connectivity index (χ0n) is 11.9. The molecule has 1 amide bonds. The van der Waals surface area contributed by atoms with Gasteiger partial charge in [0.05, 0.1) is 11.4 Å². The largest absolute Gasteiger partial charge is 0.394 e. The third-order valence-electron chi connectivity index (χ3n) is 3.24. The predicted octanol–water partition coefficient (Wildman–Crippen LogP) is 2.27. The molecule has 0 fully saturated rings. The fourth-order valence-electron chi connectivity index (χ4n) is 2.12. The van der Waals surface area contributed by atoms with E-state index in [-0.39, 0.29) is 5.91 Å². The Bertz CT molecular complexity index is 589. The van der Waals surface area contributed by atoms with Crippen molar-refractivity contribution in [3.05, 3.63) is 41.6 Å². The van der Waals surface area contributed by atoms with Crippen molar-refractivity contribution in [3.63, 3.8) is 0 Å². The van der Waals surface area contributed by atoms with E-state index in [0.29, 0.717) is 17.9 Å². The van der Waals surface area contributed by atoms with Gasteiger partial charge >= 0.3 is 0 Å². The number of rotatable bonds is 5. The topological polar surface area (TPSA) is 72.9 Å². The Kier molecular flexibility index (Phi) is 4.40. The van der Waals surface area contributed by atoms with Gasteiger partial charge in [-0.15, -0.1) is 0 Å². The number of nitrogens with two attached hydrogens (primary N) is 1. The van der Waals surface area contributed by atoms with Crippen LogP contribution >= 0.6 is 0 Å². The van der Waals surface area contributed by atoms with E-state index in [4.69, 9.17) is 5.73 Å². The van der Waals surface area contributed by atoms with Gasteiger partial charge in [0.15, 0.2) is 5.82 Å². The number of anilines is 2. The number of aryl methyl sites for hydroxylation is 3. The van der Waals surface area contributed by atoms with E-state index in [1.54, 1.807) is 11.7 Å². The molecule has 3 N–H and O–H groups in total. The third-order valence-corrected chi connectivity index (χ3v) is 3.24. The van der Waals surface area contributed by atoms with Gasteiger partial charge in [0, 0.05) is 13.5 Å². The first-order valence-corrected chi connectivity index (χ1v) is 6.71. The van der Waals surface area contributed by atoms with Gasteiger partial charge in [0.1, 0.15) is 0 Å². The van der Waals surface area contributed by atoms with Gasteiger partial charge in [0.2, 0.25) is 5.91 Å². The highest BCUT2D eigenvalue weighted by molar-refractivity contribution is 5.92. The molecule has 0 radical (unpaired) electrons. The lowest BCUT2D eigenvalue weighted by Gasteiger charge is -2.06. The average molecular weight is 272 g/mol. The molecule has 0 saturated carbocycles. The van der Waals surface area contributed by atoms with E-state index in [1.807, 2.05) is 25.1 Å². The molecule has 0 aliphatic rings. The molecular weight excluding hydrogens is 252 g/mol. The van der Waals surface area contributed by atoms with Gasteiger partial charge in [-0.25, -0.2) is 0 Å². The highest BCUT2D eigenvalue weighted by Gasteiger charge is 2.12. The zero-order chi connectivity index (χ0) is 14.5. The highest BCUT2D eigenvalue weighted by Crippen LogP contribution is 2.21. The highest BCUT2D eigenvalue weighted by atomic mass is 16.1. The first kappa shape index (κ1) is 14.1. The van der Waals surface area contributed by atoms with E-state index >= 15 is 0 Å². The van der Waals surface area contributed by atoms with Crippen molar-refractivity contribution in [2.24, 2.45) is 7.05 Å². The number of hydrogen-bond acceptors (Lipinski definition) is 3. The summed E-state index contributed by atoms with van der Waals surface area (Å²) in [6.07, 6.45) is 2.18. The Morgan fingerprint density at radius 2 is 2.05 bits per heavy atom. The van der Waals surface area contributed by atoms with Crippen LogP contribution in [-0.2, 0) is 18.3 Å². The number of hydrogen-bond donors (Lipinski definition) is 2. The fourth-order valence-corrected chi connectivity index (χ4v) is 2.12. The molecule has 2 aromatic rings. The van der Waals surface area contributed by atoms with Crippen LogP contribution in [0.5, 0.6) is 0 Å². The summed E-state index contributed by atoms with van der Waals surface area (Å²) in [6.45, 7) is 1.82. The number of nitrogens with one attached hydrogen (secondary N) is 1. The standard InChI is InChI=1S/C15H20N4O/c1-11-14(16)15(19(2)18-11)17-13(20)10-6-9-12-7-4-3-5-8-12/h3-5,7-8H,6,9-10,16H2,1-2H3,(H,17,20). The molecule has 1 aromatic heterocycles. The first-order valence-electron chi connectivity index (χ1n) is 6.71. The molecule has 0 saturated heterocycles. The minimum atomic E-state index is -0.0318. The van der Waals surface area contributed by atoms with Crippen molar-refractivity contribution < 1.29 is 4.79 Å². The van der Waals surface area contributed by atoms with Gasteiger partial charge in [-0.3, -0.25) is 9.48 Å². The maximum absolute atomic E-state index is 11.9. The van der Waals surface area contributed by atoms with Crippen LogP contribution < -0.4 is 11.1 Å². The Morgan fingerprint density at radius 1 is 1.35 bits per heavy atom. The zero-order valence-corrected chi connectivity index (χ0v) is 11.9. The van der Waals surface area contributed by atoms with Crippen LogP contribution in [0.4, 0.5) is 11.5 Å². The maximum Gasteiger partial charge on any atom is 0.225 e. The van der Waals surface area contributed by atoms with Gasteiger partial charge in [0.25, 0.3) is 0 Å². The van der Waals surface area contributed by atoms with Crippen molar-refractivity contribution in [2.75, 3.05) is 11.1 Å². The van der Waals surface area contributed by atoms with Crippen molar-refractivity contribution in [3.8, 4) is 0 Å². The lowest BCUT2D eigenvalue weighted by atomic mass is 10.1. The molecule has 0 aliphatic carbocycles. The quantitative estimate of drug-likeness (QED) is 0.877. The molecule has 0 aliphatic heterocycles. The smallest absolute Gasteiger partial charge is 0.225 e. The van der Waals surface area contributed by atoms with Crippen LogP contribution in [0.3, 0.4) is 0 Å². The van der Waals surface area contributed by atoms with Crippen molar-refractivity contribution >= 4 is 17.4 Å². The molecule has 1 aromatic carbocycles. The number of nitrogen functional groups attached to an aromatic ring is 1. The summed E-state index contributed by atoms with van der Waals surface area (Å²) in [5, 5.41) is 6.99. The van der Waals surface area contributed by atoms with Gasteiger partial charge in [-0.1, -0.05) is 30.3 Å². The molecule has 5 nitrogen and oxygen atoms in total. The Balaban J connectivity index is 1.84. The summed E-state index contributed by atoms with van der Waals surface area (Å²) in [7, 11) is 1.77. The number of nitrogens with zero attached hydrogens (tertiary/aromatic N) is 2. The third kappa shape index (κ3) is 3.38. The second-order valence-electron chi connectivity index (χ2n) is 4.86. The molecule has 5 heteroatoms. The normalized spacial score (nSPS) is 10.5. The van der Waals surface area contributed by atoms with Crippen LogP contribution in [0, 0.1) is 6.92 Å². The minimum absolute atomic E-state index is 0.0318. The van der Waals surface area contributed by atoms with E-state index < -0.39 is 0 Å². The summed E-state index contributed by atoms with van der Waals surface area (Å²) in [6, 6.07) is 10.1. The molecule has 1 heterocycles. The summed E-state index contributed by atoms with van der Waals surface area (Å²) in [5.41, 5.74) is 8.38. The molecule has 106 valence electrons. The number of aromatic nitrogens is 2. The number of amides is 1. The molecule has 0 unspecified atom stereocenters. The van der Waals surface area contributed by atoms with E-state index in [9.17, 15) is 4.79 Å². The van der Waals surface area contributed by atoms with Gasteiger partial charge in [-0.05, 0) is 25.3 Å². The van der Waals surface area contributed by atoms with Crippen molar-refractivity contribution in [1.29, 1.82) is 0 Å². The lowest BCUT2D eigenvalue weighted by Crippen LogP contribution is -2.15. The predicted molar refractivity (Wildman–Crippen MR) is 80.4 cm³/mol. The molecule has 0 bridgehead atoms. The number of carbonyl (C=O) groups excluding carboxylic acids is 1. The van der Waals surface area contributed by atoms with E-state index in [2.05, 4.69) is 22.5 Å². The minimum Gasteiger partial charge on any atom is -0.394 e. The second kappa shape index (κ2) is 6.23. The first-order chi connectivity index (χ1) is 9.58. The summed E-state index contributed by atoms with van der Waals surface area (Å²) in [4.78, 5) is 11.9. The van der Waals surface area contributed by atoms with Crippen molar-refractivity contribution in [1.82, 2.24) is 9.78 Å². The molecule has 2 rings (SSSR count). The van der Waals surface area contributed by atoms with Crippen LogP contribution in [-0.4, -0.2) is 15.7 Å². The average Bonchev–Trinajstić information content (AvgIpc) is 2.67. The van der Waals surface area contributed by atoms with Crippen LogP contribution in [0.1, 0.15) is 24.1 Å². The number of benzene rings is 1. The molecule has 0 atom stereocenters. The Labute approximate surface area is 118 Å². The van der Waals surface area contributed by atoms with Gasteiger partial charge < -0.3 is 11.1 Å². The SMILES string of the molecule is Cc1nn(C)c(NC(=O)CCCc2ccccc2)c1N. The fraction of sp³-hybridized carbons (Fsp3) is 0.333. The Morgan fingerprint density at radius 3 is 2.65 bits per heavy atom. The molecule has 20 heavy (non-hydrogen) atoms. The molecular formula is C15H20N4O. The van der Waals surface area contributed by atoms with Crippen LogP contribution in [0.15, 0.2) is 30.3 Å². The summed E-state index contributed by atoms with van der Waals surface area (Å²) in [5.74, 6) is 0.544. The number of carbonyl (C=O) groups is 1. The Hall–Kier alpha value is -2.30. The second-order valence-corrected chi connectivity index (χ2v) is 4.86.